The van der Waals surface area contributed by atoms with Crippen molar-refractivity contribution in [1.29, 1.82) is 0 Å². The molecule has 4 heteroatoms. The molecular weight excluding hydrogens is 250 g/mol. The Balaban J connectivity index is 1.89. The van der Waals surface area contributed by atoms with Crippen LogP contribution < -0.4 is 5.32 Å². The normalized spacial score (nSPS) is 12.8. The largest absolute Gasteiger partial charge is 0.345 e. The highest BCUT2D eigenvalue weighted by atomic mass is 32.1. The Morgan fingerprint density at radius 1 is 1.29 bits per heavy atom. The summed E-state index contributed by atoms with van der Waals surface area (Å²) in [4.78, 5) is 13.9. The molecule has 1 amide bonds. The van der Waals surface area contributed by atoms with Gasteiger partial charge in [-0.05, 0) is 35.9 Å². The van der Waals surface area contributed by atoms with Crippen molar-refractivity contribution < 1.29 is 4.79 Å². The van der Waals surface area contributed by atoms with E-state index < -0.39 is 0 Å². The number of hydrogen-bond acceptors (Lipinski definition) is 3. The van der Waals surface area contributed by atoms with E-state index in [1.54, 1.807) is 28.7 Å². The molecule has 0 radical (unpaired) electrons. The van der Waals surface area contributed by atoms with Gasteiger partial charge in [0.25, 0.3) is 0 Å². The smallest absolute Gasteiger partial charge is 0.244 e. The minimum atomic E-state index is -0.0562. The molecule has 2 rings (SSSR count). The van der Waals surface area contributed by atoms with Gasteiger partial charge in [-0.15, -0.1) is 22.7 Å². The summed E-state index contributed by atoms with van der Waals surface area (Å²) in [5.41, 5.74) is 0. The molecule has 1 atom stereocenters. The number of amides is 1. The molecule has 0 aliphatic carbocycles. The van der Waals surface area contributed by atoms with E-state index in [0.29, 0.717) is 0 Å². The van der Waals surface area contributed by atoms with Crippen LogP contribution in [0.4, 0.5) is 0 Å². The molecule has 0 aliphatic rings. The first-order valence-electron chi connectivity index (χ1n) is 5.31. The average Bonchev–Trinajstić information content (AvgIpc) is 2.99. The van der Waals surface area contributed by atoms with E-state index in [9.17, 15) is 4.79 Å². The van der Waals surface area contributed by atoms with Gasteiger partial charge in [0.1, 0.15) is 0 Å². The summed E-state index contributed by atoms with van der Waals surface area (Å²) in [5, 5.41) is 6.94. The van der Waals surface area contributed by atoms with Crippen LogP contribution in [0, 0.1) is 0 Å². The minimum absolute atomic E-state index is 0.0562. The molecule has 88 valence electrons. The number of carbonyl (C=O) groups excluding carboxylic acids is 1. The van der Waals surface area contributed by atoms with Gasteiger partial charge in [-0.2, -0.15) is 0 Å². The summed E-state index contributed by atoms with van der Waals surface area (Å²) in [7, 11) is 0. The lowest BCUT2D eigenvalue weighted by atomic mass is 10.2. The molecule has 2 aromatic rings. The Morgan fingerprint density at radius 2 is 2.06 bits per heavy atom. The monoisotopic (exact) mass is 263 g/mol. The molecule has 0 saturated carbocycles. The number of nitrogens with one attached hydrogen (secondary N) is 1. The molecule has 0 saturated heterocycles. The van der Waals surface area contributed by atoms with Crippen molar-refractivity contribution in [1.82, 2.24) is 5.32 Å². The summed E-state index contributed by atoms with van der Waals surface area (Å²) in [6, 6.07) is 8.03. The highest BCUT2D eigenvalue weighted by Crippen LogP contribution is 2.18. The van der Waals surface area contributed by atoms with E-state index in [1.807, 2.05) is 48.0 Å². The highest BCUT2D eigenvalue weighted by molar-refractivity contribution is 7.10. The molecule has 1 N–H and O–H groups in total. The fourth-order valence-corrected chi connectivity index (χ4v) is 2.77. The van der Waals surface area contributed by atoms with Crippen LogP contribution in [-0.4, -0.2) is 5.91 Å². The van der Waals surface area contributed by atoms with E-state index >= 15 is 0 Å². The second-order valence-corrected chi connectivity index (χ2v) is 5.55. The van der Waals surface area contributed by atoms with Crippen molar-refractivity contribution >= 4 is 34.7 Å². The Morgan fingerprint density at radius 3 is 2.71 bits per heavy atom. The van der Waals surface area contributed by atoms with Crippen LogP contribution in [0.3, 0.4) is 0 Å². The van der Waals surface area contributed by atoms with Crippen molar-refractivity contribution in [2.45, 2.75) is 13.0 Å². The Kier molecular flexibility index (Phi) is 4.12. The first-order chi connectivity index (χ1) is 8.25. The van der Waals surface area contributed by atoms with Gasteiger partial charge in [0.2, 0.25) is 5.91 Å². The lowest BCUT2D eigenvalue weighted by molar-refractivity contribution is -0.117. The van der Waals surface area contributed by atoms with Crippen LogP contribution in [-0.2, 0) is 4.79 Å². The van der Waals surface area contributed by atoms with Crippen LogP contribution in [0.25, 0.3) is 6.08 Å². The Bertz CT molecular complexity index is 485. The molecule has 2 heterocycles. The topological polar surface area (TPSA) is 29.1 Å². The predicted octanol–water partition coefficient (Wildman–Crippen LogP) is 3.70. The van der Waals surface area contributed by atoms with Gasteiger partial charge in [0, 0.05) is 15.8 Å². The summed E-state index contributed by atoms with van der Waals surface area (Å²) in [5.74, 6) is -0.0562. The predicted molar refractivity (Wildman–Crippen MR) is 74.2 cm³/mol. The zero-order chi connectivity index (χ0) is 12.1. The molecular formula is C13H13NOS2. The first-order valence-corrected chi connectivity index (χ1v) is 7.07. The molecule has 1 unspecified atom stereocenters. The van der Waals surface area contributed by atoms with Gasteiger partial charge in [-0.3, -0.25) is 4.79 Å². The first kappa shape index (κ1) is 12.1. The van der Waals surface area contributed by atoms with Crippen molar-refractivity contribution in [2.75, 3.05) is 0 Å². The van der Waals surface area contributed by atoms with Gasteiger partial charge in [-0.25, -0.2) is 0 Å². The molecule has 0 bridgehead atoms. The molecule has 0 fully saturated rings. The molecule has 0 spiro atoms. The third kappa shape index (κ3) is 3.54. The van der Waals surface area contributed by atoms with E-state index in [2.05, 4.69) is 5.32 Å². The van der Waals surface area contributed by atoms with E-state index in [-0.39, 0.29) is 11.9 Å². The van der Waals surface area contributed by atoms with Crippen LogP contribution in [0.5, 0.6) is 0 Å². The van der Waals surface area contributed by atoms with Gasteiger partial charge >= 0.3 is 0 Å². The quantitative estimate of drug-likeness (QED) is 0.837. The Hall–Kier alpha value is -1.39. The van der Waals surface area contributed by atoms with Gasteiger partial charge in [0.05, 0.1) is 6.04 Å². The number of carbonyl (C=O) groups is 1. The second-order valence-electron chi connectivity index (χ2n) is 3.59. The van der Waals surface area contributed by atoms with Crippen molar-refractivity contribution in [3.05, 3.63) is 50.9 Å². The lowest BCUT2D eigenvalue weighted by Gasteiger charge is -2.09. The summed E-state index contributed by atoms with van der Waals surface area (Å²) in [6.45, 7) is 1.99. The lowest BCUT2D eigenvalue weighted by Crippen LogP contribution is -2.23. The van der Waals surface area contributed by atoms with Gasteiger partial charge in [-0.1, -0.05) is 12.1 Å². The third-order valence-corrected chi connectivity index (χ3v) is 4.16. The minimum Gasteiger partial charge on any atom is -0.345 e. The maximum absolute atomic E-state index is 11.7. The van der Waals surface area contributed by atoms with Crippen LogP contribution in [0.2, 0.25) is 0 Å². The SMILES string of the molecule is CC(NC(=O)/C=C/c1cccs1)c1cccs1. The number of thiophene rings is 2. The zero-order valence-corrected chi connectivity index (χ0v) is 11.1. The molecule has 2 nitrogen and oxygen atoms in total. The van der Waals surface area contributed by atoms with Crippen molar-refractivity contribution in [3.8, 4) is 0 Å². The maximum Gasteiger partial charge on any atom is 0.244 e. The second kappa shape index (κ2) is 5.80. The molecule has 2 aromatic heterocycles. The highest BCUT2D eigenvalue weighted by Gasteiger charge is 2.07. The van der Waals surface area contributed by atoms with E-state index in [4.69, 9.17) is 0 Å². The van der Waals surface area contributed by atoms with Crippen LogP contribution in [0.1, 0.15) is 22.7 Å². The van der Waals surface area contributed by atoms with Gasteiger partial charge < -0.3 is 5.32 Å². The summed E-state index contributed by atoms with van der Waals surface area (Å²) < 4.78 is 0. The molecule has 17 heavy (non-hydrogen) atoms. The van der Waals surface area contributed by atoms with E-state index in [0.717, 1.165) is 4.88 Å². The summed E-state index contributed by atoms with van der Waals surface area (Å²) >= 11 is 3.27. The molecule has 0 aliphatic heterocycles. The van der Waals surface area contributed by atoms with Crippen molar-refractivity contribution in [2.24, 2.45) is 0 Å². The van der Waals surface area contributed by atoms with Crippen LogP contribution >= 0.6 is 22.7 Å². The molecule has 0 aromatic carbocycles. The van der Waals surface area contributed by atoms with Gasteiger partial charge in [0.15, 0.2) is 0 Å². The van der Waals surface area contributed by atoms with Crippen LogP contribution in [0.15, 0.2) is 41.1 Å². The fraction of sp³-hybridized carbons (Fsp3) is 0.154. The Labute approximate surface area is 109 Å². The fourth-order valence-electron chi connectivity index (χ4n) is 1.41. The van der Waals surface area contributed by atoms with E-state index in [1.165, 1.54) is 4.88 Å². The number of rotatable bonds is 4. The van der Waals surface area contributed by atoms with Crippen molar-refractivity contribution in [3.63, 3.8) is 0 Å². The summed E-state index contributed by atoms with van der Waals surface area (Å²) in [6.07, 6.45) is 3.41. The zero-order valence-electron chi connectivity index (χ0n) is 9.42. The third-order valence-electron chi connectivity index (χ3n) is 2.27. The standard InChI is InChI=1S/C13H13NOS2/c1-10(12-5-3-9-17-12)14-13(15)7-6-11-4-2-8-16-11/h2-10H,1H3,(H,14,15)/b7-6+. The average molecular weight is 263 g/mol. The number of hydrogen-bond donors (Lipinski definition) is 1. The maximum atomic E-state index is 11.7.